The van der Waals surface area contributed by atoms with Gasteiger partial charge in [-0.3, -0.25) is 4.79 Å². The molecule has 1 aromatic rings. The number of sulfonamides is 1. The number of rotatable bonds is 5. The minimum absolute atomic E-state index is 0.108. The van der Waals surface area contributed by atoms with Gasteiger partial charge in [-0.15, -0.1) is 0 Å². The molecule has 7 nitrogen and oxygen atoms in total. The van der Waals surface area contributed by atoms with Gasteiger partial charge in [0.05, 0.1) is 18.0 Å². The molecule has 2 rings (SSSR count). The van der Waals surface area contributed by atoms with Gasteiger partial charge in [0.2, 0.25) is 15.9 Å². The number of hydrogen-bond donors (Lipinski definition) is 1. The third-order valence-corrected chi connectivity index (χ3v) is 5.44. The number of carbonyl (C=O) groups excluding carboxylic acids is 1. The van der Waals surface area contributed by atoms with E-state index in [9.17, 15) is 13.2 Å². The highest BCUT2D eigenvalue weighted by Gasteiger charge is 2.27. The third-order valence-electron chi connectivity index (χ3n) is 3.89. The minimum atomic E-state index is -3.74. The van der Waals surface area contributed by atoms with E-state index in [0.717, 1.165) is 13.1 Å². The molecular formula is C15H23N3O4S. The van der Waals surface area contributed by atoms with Gasteiger partial charge >= 0.3 is 0 Å². The molecule has 1 saturated heterocycles. The number of hydrogen-bond acceptors (Lipinski definition) is 5. The smallest absolute Gasteiger partial charge is 0.241 e. The van der Waals surface area contributed by atoms with Gasteiger partial charge in [-0.25, -0.2) is 8.42 Å². The van der Waals surface area contributed by atoms with Crippen molar-refractivity contribution in [3.05, 3.63) is 24.3 Å². The van der Waals surface area contributed by atoms with E-state index in [2.05, 4.69) is 9.62 Å². The molecule has 1 heterocycles. The van der Waals surface area contributed by atoms with Crippen LogP contribution in [0.5, 0.6) is 5.75 Å². The Kier molecular flexibility index (Phi) is 5.61. The van der Waals surface area contributed by atoms with Crippen molar-refractivity contribution in [2.75, 3.05) is 40.3 Å². The van der Waals surface area contributed by atoms with Crippen molar-refractivity contribution >= 4 is 15.9 Å². The van der Waals surface area contributed by atoms with Crippen molar-refractivity contribution < 1.29 is 17.9 Å². The maximum absolute atomic E-state index is 12.4. The van der Waals surface area contributed by atoms with Crippen LogP contribution in [0.1, 0.15) is 6.92 Å². The van der Waals surface area contributed by atoms with Crippen LogP contribution in [0.4, 0.5) is 0 Å². The van der Waals surface area contributed by atoms with Crippen LogP contribution in [-0.4, -0.2) is 70.5 Å². The number of likely N-dealkylation sites (N-methyl/N-ethyl adjacent to an activating group) is 1. The first-order chi connectivity index (χ1) is 10.8. The van der Waals surface area contributed by atoms with Crippen molar-refractivity contribution in [1.82, 2.24) is 14.5 Å². The van der Waals surface area contributed by atoms with Gasteiger partial charge in [0.1, 0.15) is 5.75 Å². The van der Waals surface area contributed by atoms with E-state index in [4.69, 9.17) is 4.74 Å². The predicted molar refractivity (Wildman–Crippen MR) is 86.9 cm³/mol. The second-order valence-electron chi connectivity index (χ2n) is 5.65. The SMILES string of the molecule is COc1ccc(S(=O)(=O)N[C@H](C)C(=O)N2CCN(C)CC2)cc1. The van der Waals surface area contributed by atoms with Gasteiger partial charge in [-0.05, 0) is 38.2 Å². The number of benzene rings is 1. The molecule has 128 valence electrons. The fraction of sp³-hybridized carbons (Fsp3) is 0.533. The van der Waals surface area contributed by atoms with Crippen LogP contribution < -0.4 is 9.46 Å². The van der Waals surface area contributed by atoms with E-state index in [1.807, 2.05) is 7.05 Å². The minimum Gasteiger partial charge on any atom is -0.497 e. The van der Waals surface area contributed by atoms with E-state index in [1.165, 1.54) is 19.2 Å². The van der Waals surface area contributed by atoms with E-state index < -0.39 is 16.1 Å². The summed E-state index contributed by atoms with van der Waals surface area (Å²) in [5, 5.41) is 0. The van der Waals surface area contributed by atoms with E-state index >= 15 is 0 Å². The van der Waals surface area contributed by atoms with Crippen LogP contribution in [0.2, 0.25) is 0 Å². The molecule has 1 fully saturated rings. The summed E-state index contributed by atoms with van der Waals surface area (Å²) in [6.45, 7) is 4.39. The predicted octanol–water partition coefficient (Wildman–Crippen LogP) is 0.136. The Morgan fingerprint density at radius 3 is 2.26 bits per heavy atom. The van der Waals surface area contributed by atoms with Gasteiger partial charge in [0, 0.05) is 26.2 Å². The van der Waals surface area contributed by atoms with Crippen molar-refractivity contribution in [3.63, 3.8) is 0 Å². The van der Waals surface area contributed by atoms with Crippen LogP contribution in [-0.2, 0) is 14.8 Å². The topological polar surface area (TPSA) is 78.9 Å². The van der Waals surface area contributed by atoms with E-state index in [1.54, 1.807) is 24.0 Å². The standard InChI is InChI=1S/C15H23N3O4S/c1-12(15(19)18-10-8-17(2)9-11-18)16-23(20,21)14-6-4-13(22-3)5-7-14/h4-7,12,16H,8-11H2,1-3H3/t12-/m1/s1. The van der Waals surface area contributed by atoms with Crippen LogP contribution in [0.25, 0.3) is 0 Å². The molecule has 0 bridgehead atoms. The first-order valence-electron chi connectivity index (χ1n) is 7.47. The summed E-state index contributed by atoms with van der Waals surface area (Å²) in [6, 6.07) is 5.25. The van der Waals surface area contributed by atoms with Gasteiger partial charge in [-0.1, -0.05) is 0 Å². The Hall–Kier alpha value is -1.64. The number of piperazine rings is 1. The van der Waals surface area contributed by atoms with Crippen LogP contribution in [0.3, 0.4) is 0 Å². The quantitative estimate of drug-likeness (QED) is 0.824. The molecule has 23 heavy (non-hydrogen) atoms. The highest BCUT2D eigenvalue weighted by molar-refractivity contribution is 7.89. The number of carbonyl (C=O) groups is 1. The fourth-order valence-corrected chi connectivity index (χ4v) is 3.60. The molecule has 0 saturated carbocycles. The molecular weight excluding hydrogens is 318 g/mol. The zero-order valence-corrected chi connectivity index (χ0v) is 14.5. The number of nitrogens with zero attached hydrogens (tertiary/aromatic N) is 2. The van der Waals surface area contributed by atoms with Crippen LogP contribution in [0.15, 0.2) is 29.2 Å². The fourth-order valence-electron chi connectivity index (χ4n) is 2.41. The number of nitrogens with one attached hydrogen (secondary N) is 1. The molecule has 1 amide bonds. The highest BCUT2D eigenvalue weighted by Crippen LogP contribution is 2.16. The van der Waals surface area contributed by atoms with Crippen molar-refractivity contribution in [3.8, 4) is 5.75 Å². The lowest BCUT2D eigenvalue weighted by molar-refractivity contribution is -0.134. The van der Waals surface area contributed by atoms with Gasteiger partial charge < -0.3 is 14.5 Å². The van der Waals surface area contributed by atoms with Crippen molar-refractivity contribution in [1.29, 1.82) is 0 Å². The molecule has 1 aliphatic heterocycles. The molecule has 0 aromatic heterocycles. The Morgan fingerprint density at radius 1 is 1.17 bits per heavy atom. The summed E-state index contributed by atoms with van der Waals surface area (Å²) >= 11 is 0. The lowest BCUT2D eigenvalue weighted by Gasteiger charge is -2.34. The molecule has 0 aliphatic carbocycles. The second kappa shape index (κ2) is 7.29. The molecule has 0 spiro atoms. The first kappa shape index (κ1) is 17.7. The van der Waals surface area contributed by atoms with Crippen LogP contribution in [0, 0.1) is 0 Å². The number of methoxy groups -OCH3 is 1. The maximum Gasteiger partial charge on any atom is 0.241 e. The second-order valence-corrected chi connectivity index (χ2v) is 7.36. The molecule has 0 radical (unpaired) electrons. The molecule has 0 unspecified atom stereocenters. The first-order valence-corrected chi connectivity index (χ1v) is 8.95. The summed E-state index contributed by atoms with van der Waals surface area (Å²) in [5.74, 6) is 0.376. The Balaban J connectivity index is 2.02. The lowest BCUT2D eigenvalue weighted by Crippen LogP contribution is -2.53. The molecule has 1 aromatic carbocycles. The maximum atomic E-state index is 12.4. The average molecular weight is 341 g/mol. The summed E-state index contributed by atoms with van der Waals surface area (Å²) in [5.41, 5.74) is 0. The Bertz CT molecular complexity index is 637. The molecule has 1 N–H and O–H groups in total. The normalized spacial score (nSPS) is 17.8. The average Bonchev–Trinajstić information content (AvgIpc) is 2.54. The van der Waals surface area contributed by atoms with Crippen molar-refractivity contribution in [2.45, 2.75) is 17.9 Å². The summed E-state index contributed by atoms with van der Waals surface area (Å²) in [6.07, 6.45) is 0. The monoisotopic (exact) mass is 341 g/mol. The summed E-state index contributed by atoms with van der Waals surface area (Å²) in [7, 11) is -0.232. The summed E-state index contributed by atoms with van der Waals surface area (Å²) < 4.78 is 32.2. The van der Waals surface area contributed by atoms with Gasteiger partial charge in [0.15, 0.2) is 0 Å². The zero-order valence-electron chi connectivity index (χ0n) is 13.7. The zero-order chi connectivity index (χ0) is 17.0. The molecule has 1 atom stereocenters. The molecule has 8 heteroatoms. The van der Waals surface area contributed by atoms with E-state index in [-0.39, 0.29) is 10.8 Å². The Labute approximate surface area is 137 Å². The van der Waals surface area contributed by atoms with Crippen LogP contribution >= 0.6 is 0 Å². The Morgan fingerprint density at radius 2 is 1.74 bits per heavy atom. The number of amides is 1. The highest BCUT2D eigenvalue weighted by atomic mass is 32.2. The lowest BCUT2D eigenvalue weighted by atomic mass is 10.2. The summed E-state index contributed by atoms with van der Waals surface area (Å²) in [4.78, 5) is 16.3. The van der Waals surface area contributed by atoms with Gasteiger partial charge in [-0.2, -0.15) is 4.72 Å². The molecule has 1 aliphatic rings. The van der Waals surface area contributed by atoms with E-state index in [0.29, 0.717) is 18.8 Å². The van der Waals surface area contributed by atoms with Crippen molar-refractivity contribution in [2.24, 2.45) is 0 Å². The van der Waals surface area contributed by atoms with Gasteiger partial charge in [0.25, 0.3) is 0 Å². The largest absolute Gasteiger partial charge is 0.497 e. The third kappa shape index (κ3) is 4.43. The number of ether oxygens (including phenoxy) is 1.